The number of hydrogen-bond acceptors (Lipinski definition) is 2. The molecule has 18 heavy (non-hydrogen) atoms. The molecule has 0 aliphatic carbocycles. The second-order valence-corrected chi connectivity index (χ2v) is 5.17. The van der Waals surface area contributed by atoms with Crippen molar-refractivity contribution in [2.75, 3.05) is 6.54 Å². The fraction of sp³-hybridized carbons (Fsp3) is 0.333. The fourth-order valence-corrected chi connectivity index (χ4v) is 2.53. The van der Waals surface area contributed by atoms with Gasteiger partial charge in [0.1, 0.15) is 0 Å². The molecule has 1 N–H and O–H groups in total. The molecule has 0 radical (unpaired) electrons. The molecule has 2 aromatic rings. The summed E-state index contributed by atoms with van der Waals surface area (Å²) in [4.78, 5) is 0. The SMILES string of the molecule is CCCNC(c1cccc(C)c1)c1ccoc1Br. The summed E-state index contributed by atoms with van der Waals surface area (Å²) in [7, 11) is 0. The Balaban J connectivity index is 2.33. The maximum Gasteiger partial charge on any atom is 0.174 e. The van der Waals surface area contributed by atoms with E-state index in [-0.39, 0.29) is 6.04 Å². The highest BCUT2D eigenvalue weighted by molar-refractivity contribution is 9.10. The third-order valence-electron chi connectivity index (χ3n) is 2.93. The molecule has 1 aromatic heterocycles. The molecule has 0 amide bonds. The maximum absolute atomic E-state index is 5.35. The molecule has 0 aliphatic rings. The number of aryl methyl sites for hydroxylation is 1. The first-order valence-electron chi connectivity index (χ1n) is 6.25. The van der Waals surface area contributed by atoms with Gasteiger partial charge in [-0.15, -0.1) is 0 Å². The Morgan fingerprint density at radius 1 is 1.33 bits per heavy atom. The van der Waals surface area contributed by atoms with Gasteiger partial charge in [-0.05, 0) is 47.4 Å². The summed E-state index contributed by atoms with van der Waals surface area (Å²) in [6, 6.07) is 10.8. The normalized spacial score (nSPS) is 12.6. The molecule has 0 saturated carbocycles. The summed E-state index contributed by atoms with van der Waals surface area (Å²) in [5.74, 6) is 0. The van der Waals surface area contributed by atoms with Crippen LogP contribution in [-0.4, -0.2) is 6.54 Å². The molecule has 1 atom stereocenters. The molecule has 2 nitrogen and oxygen atoms in total. The van der Waals surface area contributed by atoms with Crippen molar-refractivity contribution in [3.05, 3.63) is 58.0 Å². The van der Waals surface area contributed by atoms with Gasteiger partial charge in [-0.1, -0.05) is 36.8 Å². The van der Waals surface area contributed by atoms with Gasteiger partial charge in [-0.3, -0.25) is 0 Å². The molecule has 2 rings (SSSR count). The van der Waals surface area contributed by atoms with E-state index in [1.54, 1.807) is 6.26 Å². The summed E-state index contributed by atoms with van der Waals surface area (Å²) in [5, 5.41) is 3.57. The highest BCUT2D eigenvalue weighted by atomic mass is 79.9. The molecule has 1 heterocycles. The standard InChI is InChI=1S/C15H18BrNO/c1-3-8-17-14(13-7-9-18-15(13)16)12-6-4-5-11(2)10-12/h4-7,9-10,14,17H,3,8H2,1-2H3. The molecule has 3 heteroatoms. The van der Waals surface area contributed by atoms with E-state index in [9.17, 15) is 0 Å². The third kappa shape index (κ3) is 3.03. The summed E-state index contributed by atoms with van der Waals surface area (Å²) < 4.78 is 6.16. The fourth-order valence-electron chi connectivity index (χ4n) is 2.06. The van der Waals surface area contributed by atoms with E-state index in [1.165, 1.54) is 11.1 Å². The first-order valence-corrected chi connectivity index (χ1v) is 7.04. The Hall–Kier alpha value is -1.06. The minimum Gasteiger partial charge on any atom is -0.457 e. The predicted molar refractivity (Wildman–Crippen MR) is 77.7 cm³/mol. The zero-order valence-corrected chi connectivity index (χ0v) is 12.3. The Kier molecular flexibility index (Phi) is 4.61. The van der Waals surface area contributed by atoms with Gasteiger partial charge < -0.3 is 9.73 Å². The number of furan rings is 1. The van der Waals surface area contributed by atoms with E-state index < -0.39 is 0 Å². The lowest BCUT2D eigenvalue weighted by atomic mass is 9.99. The first-order chi connectivity index (χ1) is 8.72. The summed E-state index contributed by atoms with van der Waals surface area (Å²) in [5.41, 5.74) is 3.69. The molecule has 1 unspecified atom stereocenters. The van der Waals surface area contributed by atoms with Gasteiger partial charge >= 0.3 is 0 Å². The molecule has 0 saturated heterocycles. The van der Waals surface area contributed by atoms with Gasteiger partial charge in [-0.25, -0.2) is 0 Å². The van der Waals surface area contributed by atoms with Gasteiger partial charge in [0.05, 0.1) is 12.3 Å². The van der Waals surface area contributed by atoms with Crippen LogP contribution in [0.5, 0.6) is 0 Å². The average Bonchev–Trinajstić information content (AvgIpc) is 2.77. The van der Waals surface area contributed by atoms with Gasteiger partial charge in [0.2, 0.25) is 0 Å². The van der Waals surface area contributed by atoms with Crippen LogP contribution in [0, 0.1) is 6.92 Å². The van der Waals surface area contributed by atoms with Crippen molar-refractivity contribution < 1.29 is 4.42 Å². The van der Waals surface area contributed by atoms with Crippen LogP contribution in [0.1, 0.15) is 36.1 Å². The topological polar surface area (TPSA) is 25.2 Å². The molecule has 0 spiro atoms. The summed E-state index contributed by atoms with van der Waals surface area (Å²) >= 11 is 3.47. The van der Waals surface area contributed by atoms with Crippen molar-refractivity contribution >= 4 is 15.9 Å². The van der Waals surface area contributed by atoms with Crippen LogP contribution in [0.3, 0.4) is 0 Å². The lowest BCUT2D eigenvalue weighted by molar-refractivity contribution is 0.523. The van der Waals surface area contributed by atoms with E-state index in [0.717, 1.165) is 23.2 Å². The van der Waals surface area contributed by atoms with E-state index in [2.05, 4.69) is 59.4 Å². The summed E-state index contributed by atoms with van der Waals surface area (Å²) in [6.07, 6.45) is 2.83. The zero-order valence-electron chi connectivity index (χ0n) is 10.7. The quantitative estimate of drug-likeness (QED) is 0.883. The Labute approximate surface area is 117 Å². The molecule has 1 aromatic carbocycles. The van der Waals surface area contributed by atoms with Crippen LogP contribution in [0.4, 0.5) is 0 Å². The lowest BCUT2D eigenvalue weighted by Gasteiger charge is -2.18. The average molecular weight is 308 g/mol. The van der Waals surface area contributed by atoms with E-state index in [1.807, 2.05) is 6.07 Å². The van der Waals surface area contributed by atoms with Gasteiger partial charge in [0.15, 0.2) is 4.67 Å². The minimum atomic E-state index is 0.179. The maximum atomic E-state index is 5.35. The number of halogens is 1. The van der Waals surface area contributed by atoms with Crippen molar-refractivity contribution in [1.29, 1.82) is 0 Å². The molecule has 0 aliphatic heterocycles. The monoisotopic (exact) mass is 307 g/mol. The van der Waals surface area contributed by atoms with Crippen LogP contribution in [0.25, 0.3) is 0 Å². The zero-order chi connectivity index (χ0) is 13.0. The number of hydrogen-bond donors (Lipinski definition) is 1. The van der Waals surface area contributed by atoms with Gasteiger partial charge in [-0.2, -0.15) is 0 Å². The van der Waals surface area contributed by atoms with Crippen LogP contribution in [0.15, 0.2) is 45.7 Å². The van der Waals surface area contributed by atoms with Crippen molar-refractivity contribution in [3.63, 3.8) is 0 Å². The Bertz CT molecular complexity index is 507. The van der Waals surface area contributed by atoms with Gasteiger partial charge in [0.25, 0.3) is 0 Å². The molecule has 0 bridgehead atoms. The highest BCUT2D eigenvalue weighted by Gasteiger charge is 2.18. The number of benzene rings is 1. The van der Waals surface area contributed by atoms with Crippen molar-refractivity contribution in [2.24, 2.45) is 0 Å². The predicted octanol–water partition coefficient (Wildman–Crippen LogP) is 4.44. The Morgan fingerprint density at radius 2 is 2.17 bits per heavy atom. The Morgan fingerprint density at radius 3 is 2.78 bits per heavy atom. The van der Waals surface area contributed by atoms with Crippen molar-refractivity contribution in [3.8, 4) is 0 Å². The smallest absolute Gasteiger partial charge is 0.174 e. The van der Waals surface area contributed by atoms with Crippen molar-refractivity contribution in [2.45, 2.75) is 26.3 Å². The lowest BCUT2D eigenvalue weighted by Crippen LogP contribution is -2.23. The second kappa shape index (κ2) is 6.21. The van der Waals surface area contributed by atoms with E-state index in [0.29, 0.717) is 0 Å². The molecule has 96 valence electrons. The van der Waals surface area contributed by atoms with E-state index in [4.69, 9.17) is 4.42 Å². The van der Waals surface area contributed by atoms with Gasteiger partial charge in [0, 0.05) is 5.56 Å². The van der Waals surface area contributed by atoms with Crippen LogP contribution >= 0.6 is 15.9 Å². The molecule has 0 fully saturated rings. The number of rotatable bonds is 5. The molecular formula is C15H18BrNO. The van der Waals surface area contributed by atoms with Crippen LogP contribution < -0.4 is 5.32 Å². The third-order valence-corrected chi connectivity index (χ3v) is 3.58. The van der Waals surface area contributed by atoms with Crippen molar-refractivity contribution in [1.82, 2.24) is 5.32 Å². The van der Waals surface area contributed by atoms with Crippen LogP contribution in [-0.2, 0) is 0 Å². The first kappa shape index (κ1) is 13.4. The second-order valence-electron chi connectivity index (χ2n) is 4.45. The number of nitrogens with one attached hydrogen (secondary N) is 1. The van der Waals surface area contributed by atoms with Crippen LogP contribution in [0.2, 0.25) is 0 Å². The highest BCUT2D eigenvalue weighted by Crippen LogP contribution is 2.29. The summed E-state index contributed by atoms with van der Waals surface area (Å²) in [6.45, 7) is 5.27. The van der Waals surface area contributed by atoms with E-state index >= 15 is 0 Å². The largest absolute Gasteiger partial charge is 0.457 e. The minimum absolute atomic E-state index is 0.179. The molecular weight excluding hydrogens is 290 g/mol.